The van der Waals surface area contributed by atoms with Gasteiger partial charge in [-0.05, 0) is 31.9 Å². The number of rotatable bonds is 6. The van der Waals surface area contributed by atoms with E-state index in [9.17, 15) is 32.9 Å². The summed E-state index contributed by atoms with van der Waals surface area (Å²) in [6.45, 7) is 1.35. The zero-order chi connectivity index (χ0) is 22.8. The molecular weight excluding hydrogens is 439 g/mol. The molecule has 1 aliphatic rings. The predicted molar refractivity (Wildman–Crippen MR) is 105 cm³/mol. The van der Waals surface area contributed by atoms with E-state index in [1.54, 1.807) is 0 Å². The Kier molecular flexibility index (Phi) is 6.58. The average Bonchev–Trinajstić information content (AvgIpc) is 3.39. The molecule has 1 fully saturated rings. The Hall–Kier alpha value is -3.02. The lowest BCUT2D eigenvalue weighted by Gasteiger charge is -2.26. The summed E-state index contributed by atoms with van der Waals surface area (Å²) in [5.41, 5.74) is -1.55. The summed E-state index contributed by atoms with van der Waals surface area (Å²) in [7, 11) is 0. The number of halogens is 3. The molecule has 31 heavy (non-hydrogen) atoms. The Morgan fingerprint density at radius 1 is 1.26 bits per heavy atom. The van der Waals surface area contributed by atoms with E-state index in [-0.39, 0.29) is 23.0 Å². The van der Waals surface area contributed by atoms with Gasteiger partial charge < -0.3 is 4.74 Å². The predicted octanol–water partition coefficient (Wildman–Crippen LogP) is 4.84. The molecule has 1 aromatic carbocycles. The zero-order valence-corrected chi connectivity index (χ0v) is 17.2. The Balaban J connectivity index is 2.05. The number of nitrogens with zero attached hydrogens (tertiary/aromatic N) is 3. The maximum atomic E-state index is 13.5. The molecule has 0 aliphatic heterocycles. The molecule has 166 valence electrons. The Bertz CT molecular complexity index is 985. The Morgan fingerprint density at radius 3 is 2.39 bits per heavy atom. The minimum Gasteiger partial charge on any atom is -0.462 e. The summed E-state index contributed by atoms with van der Waals surface area (Å²) >= 11 is 0.452. The topological polar surface area (TPSA) is 103 Å². The van der Waals surface area contributed by atoms with Crippen molar-refractivity contribution in [2.45, 2.75) is 44.8 Å². The van der Waals surface area contributed by atoms with Crippen molar-refractivity contribution >= 4 is 34.0 Å². The van der Waals surface area contributed by atoms with Crippen LogP contribution in [-0.2, 0) is 10.9 Å². The number of benzene rings is 1. The van der Waals surface area contributed by atoms with Crippen molar-refractivity contribution in [3.8, 4) is 0 Å². The molecule has 1 amide bonds. The first kappa shape index (κ1) is 22.7. The normalized spacial score (nSPS) is 14.5. The summed E-state index contributed by atoms with van der Waals surface area (Å²) in [6, 6.07) is 4.38. The lowest BCUT2D eigenvalue weighted by molar-refractivity contribution is -0.384. The number of alkyl halides is 3. The van der Waals surface area contributed by atoms with Gasteiger partial charge in [0.1, 0.15) is 4.88 Å². The molecule has 3 rings (SSSR count). The molecule has 2 aromatic rings. The Labute approximate surface area is 178 Å². The molecule has 1 aliphatic carbocycles. The van der Waals surface area contributed by atoms with Gasteiger partial charge in [-0.15, -0.1) is 0 Å². The number of nitro groups is 1. The van der Waals surface area contributed by atoms with Crippen molar-refractivity contribution < 1.29 is 32.4 Å². The van der Waals surface area contributed by atoms with E-state index in [0.29, 0.717) is 24.2 Å². The van der Waals surface area contributed by atoms with Gasteiger partial charge in [0, 0.05) is 23.7 Å². The van der Waals surface area contributed by atoms with Gasteiger partial charge in [-0.3, -0.25) is 19.8 Å². The standard InChI is InChI=1S/C19H18F3N3O5S/c1-2-30-17(27)14-15(19(20,21)22)23-18(31-14)24(12-5-3-4-6-12)16(26)11-7-9-13(10-8-11)25(28)29/h7-10,12H,2-6H2,1H3. The molecule has 1 saturated carbocycles. The molecule has 0 radical (unpaired) electrons. The first-order chi connectivity index (χ1) is 14.6. The van der Waals surface area contributed by atoms with Crippen LogP contribution in [0.25, 0.3) is 0 Å². The van der Waals surface area contributed by atoms with Gasteiger partial charge in [-0.2, -0.15) is 13.2 Å². The molecule has 1 aromatic heterocycles. The zero-order valence-electron chi connectivity index (χ0n) is 16.3. The highest BCUT2D eigenvalue weighted by molar-refractivity contribution is 7.17. The molecule has 0 saturated heterocycles. The number of aromatic nitrogens is 1. The van der Waals surface area contributed by atoms with Gasteiger partial charge in [0.25, 0.3) is 11.6 Å². The van der Waals surface area contributed by atoms with Gasteiger partial charge in [0.2, 0.25) is 0 Å². The Morgan fingerprint density at radius 2 is 1.87 bits per heavy atom. The third-order valence-corrected chi connectivity index (χ3v) is 5.82. The molecule has 0 N–H and O–H groups in total. The van der Waals surface area contributed by atoms with Gasteiger partial charge in [0.05, 0.1) is 11.5 Å². The van der Waals surface area contributed by atoms with E-state index in [1.807, 2.05) is 0 Å². The summed E-state index contributed by atoms with van der Waals surface area (Å²) in [5, 5.41) is 10.6. The van der Waals surface area contributed by atoms with Crippen LogP contribution in [0, 0.1) is 10.1 Å². The first-order valence-corrected chi connectivity index (χ1v) is 10.3. The molecule has 0 unspecified atom stereocenters. The summed E-state index contributed by atoms with van der Waals surface area (Å²) in [6.07, 6.45) is -2.20. The van der Waals surface area contributed by atoms with E-state index in [1.165, 1.54) is 19.1 Å². The monoisotopic (exact) mass is 457 g/mol. The number of amides is 1. The van der Waals surface area contributed by atoms with Crippen LogP contribution in [0.2, 0.25) is 0 Å². The third kappa shape index (κ3) is 4.84. The first-order valence-electron chi connectivity index (χ1n) is 9.46. The van der Waals surface area contributed by atoms with Crippen LogP contribution < -0.4 is 4.90 Å². The summed E-state index contributed by atoms with van der Waals surface area (Å²) < 4.78 is 45.3. The number of hydrogen-bond acceptors (Lipinski definition) is 7. The van der Waals surface area contributed by atoms with Crippen LogP contribution in [0.4, 0.5) is 24.0 Å². The van der Waals surface area contributed by atoms with Crippen molar-refractivity contribution in [1.82, 2.24) is 4.98 Å². The largest absolute Gasteiger partial charge is 0.462 e. The number of hydrogen-bond donors (Lipinski definition) is 0. The number of carbonyl (C=O) groups excluding carboxylic acids is 2. The van der Waals surface area contributed by atoms with E-state index >= 15 is 0 Å². The molecule has 0 bridgehead atoms. The summed E-state index contributed by atoms with van der Waals surface area (Å²) in [4.78, 5) is 39.6. The smallest absolute Gasteiger partial charge is 0.435 e. The minimum absolute atomic E-state index is 0.0685. The van der Waals surface area contributed by atoms with Crippen molar-refractivity contribution in [1.29, 1.82) is 0 Å². The maximum absolute atomic E-state index is 13.5. The van der Waals surface area contributed by atoms with Crippen molar-refractivity contribution in [2.24, 2.45) is 0 Å². The number of non-ortho nitro benzene ring substituents is 1. The third-order valence-electron chi connectivity index (χ3n) is 4.79. The van der Waals surface area contributed by atoms with Gasteiger partial charge in [0.15, 0.2) is 10.8 Å². The molecule has 8 nitrogen and oxygen atoms in total. The second-order valence-electron chi connectivity index (χ2n) is 6.81. The molecule has 12 heteroatoms. The van der Waals surface area contributed by atoms with Crippen LogP contribution in [0.15, 0.2) is 24.3 Å². The van der Waals surface area contributed by atoms with Crippen molar-refractivity contribution in [3.05, 3.63) is 50.5 Å². The van der Waals surface area contributed by atoms with Crippen molar-refractivity contribution in [3.63, 3.8) is 0 Å². The van der Waals surface area contributed by atoms with Crippen molar-refractivity contribution in [2.75, 3.05) is 11.5 Å². The van der Waals surface area contributed by atoms with Crippen LogP contribution in [-0.4, -0.2) is 34.4 Å². The fourth-order valence-electron chi connectivity index (χ4n) is 3.38. The fourth-order valence-corrected chi connectivity index (χ4v) is 4.43. The van der Waals surface area contributed by atoms with Gasteiger partial charge in [-0.25, -0.2) is 9.78 Å². The SMILES string of the molecule is CCOC(=O)c1sc(N(C(=O)c2ccc([N+](=O)[O-])cc2)C2CCCC2)nc1C(F)(F)F. The number of thiazole rings is 1. The lowest BCUT2D eigenvalue weighted by atomic mass is 10.1. The van der Waals surface area contributed by atoms with E-state index < -0.39 is 39.6 Å². The number of ether oxygens (including phenoxy) is 1. The van der Waals surface area contributed by atoms with Gasteiger partial charge >= 0.3 is 12.1 Å². The van der Waals surface area contributed by atoms with Crippen LogP contribution in [0.5, 0.6) is 0 Å². The van der Waals surface area contributed by atoms with Gasteiger partial charge in [-0.1, -0.05) is 24.2 Å². The highest BCUT2D eigenvalue weighted by Crippen LogP contribution is 2.40. The number of nitro benzene ring substituents is 1. The maximum Gasteiger partial charge on any atom is 0.435 e. The number of esters is 1. The van der Waals surface area contributed by atoms with Crippen LogP contribution >= 0.6 is 11.3 Å². The summed E-state index contributed by atoms with van der Waals surface area (Å²) in [5.74, 6) is -1.80. The second-order valence-corrected chi connectivity index (χ2v) is 7.79. The van der Waals surface area contributed by atoms with E-state index in [2.05, 4.69) is 4.98 Å². The second kappa shape index (κ2) is 9.00. The number of anilines is 1. The van der Waals surface area contributed by atoms with Crippen LogP contribution in [0.3, 0.4) is 0 Å². The van der Waals surface area contributed by atoms with E-state index in [0.717, 1.165) is 29.9 Å². The number of carbonyl (C=O) groups is 2. The van der Waals surface area contributed by atoms with E-state index in [4.69, 9.17) is 4.74 Å². The molecule has 0 atom stereocenters. The van der Waals surface area contributed by atoms with Crippen LogP contribution in [0.1, 0.15) is 58.3 Å². The highest BCUT2D eigenvalue weighted by atomic mass is 32.1. The average molecular weight is 457 g/mol. The molecule has 0 spiro atoms. The fraction of sp³-hybridized carbons (Fsp3) is 0.421. The molecule has 1 heterocycles. The quantitative estimate of drug-likeness (QED) is 0.350. The lowest BCUT2D eigenvalue weighted by Crippen LogP contribution is -2.39. The minimum atomic E-state index is -4.91. The molecular formula is C19H18F3N3O5S. The highest BCUT2D eigenvalue weighted by Gasteiger charge is 2.42.